The van der Waals surface area contributed by atoms with Gasteiger partial charge < -0.3 is 14.9 Å². The first-order chi connectivity index (χ1) is 10.9. The van der Waals surface area contributed by atoms with Crippen LogP contribution in [0.25, 0.3) is 0 Å². The number of amides is 1. The molecule has 0 aliphatic carbocycles. The Bertz CT molecular complexity index is 465. The number of para-hydroxylation sites is 1. The van der Waals surface area contributed by atoms with Crippen LogP contribution in [0, 0.1) is 11.8 Å². The van der Waals surface area contributed by atoms with Crippen molar-refractivity contribution in [1.29, 1.82) is 0 Å². The molecule has 0 spiro atoms. The smallest absolute Gasteiger partial charge is 0.411 e. The Balaban J connectivity index is 2.62. The second-order valence-corrected chi connectivity index (χ2v) is 6.03. The standard InChI is InChI=1S/C18H29NO4/c1-5-15(20)12(3)17(21)13(4)16(6-2)23-18(22)19-14-10-8-7-9-11-14/h7-13,15-17,20-21H,5-6H2,1-4H3,(H,19,22)/t12-,13-,15+,16-,17+/m0/s1. The van der Waals surface area contributed by atoms with Gasteiger partial charge in [0.2, 0.25) is 0 Å². The van der Waals surface area contributed by atoms with E-state index in [-0.39, 0.29) is 11.8 Å². The number of hydrogen-bond donors (Lipinski definition) is 3. The van der Waals surface area contributed by atoms with E-state index in [1.807, 2.05) is 45.9 Å². The van der Waals surface area contributed by atoms with Gasteiger partial charge in [-0.05, 0) is 25.0 Å². The summed E-state index contributed by atoms with van der Waals surface area (Å²) >= 11 is 0. The average Bonchev–Trinajstić information content (AvgIpc) is 2.57. The predicted octanol–water partition coefficient (Wildman–Crippen LogP) is 3.42. The van der Waals surface area contributed by atoms with Crippen LogP contribution in [-0.2, 0) is 4.74 Å². The van der Waals surface area contributed by atoms with Gasteiger partial charge in [-0.2, -0.15) is 0 Å². The number of hydrogen-bond acceptors (Lipinski definition) is 4. The minimum absolute atomic E-state index is 0.266. The topological polar surface area (TPSA) is 78.8 Å². The Morgan fingerprint density at radius 3 is 2.22 bits per heavy atom. The average molecular weight is 323 g/mol. The summed E-state index contributed by atoms with van der Waals surface area (Å²) in [4.78, 5) is 12.0. The van der Waals surface area contributed by atoms with E-state index in [4.69, 9.17) is 4.74 Å². The minimum Gasteiger partial charge on any atom is -0.446 e. The largest absolute Gasteiger partial charge is 0.446 e. The van der Waals surface area contributed by atoms with Crippen LogP contribution in [0.5, 0.6) is 0 Å². The van der Waals surface area contributed by atoms with Crippen LogP contribution in [0.2, 0.25) is 0 Å². The lowest BCUT2D eigenvalue weighted by molar-refractivity contribution is -0.0470. The fourth-order valence-electron chi connectivity index (χ4n) is 2.67. The lowest BCUT2D eigenvalue weighted by atomic mass is 9.84. The number of nitrogens with one attached hydrogen (secondary N) is 1. The van der Waals surface area contributed by atoms with E-state index in [1.54, 1.807) is 12.1 Å². The molecule has 0 bridgehead atoms. The number of benzene rings is 1. The Labute approximate surface area is 138 Å². The van der Waals surface area contributed by atoms with Gasteiger partial charge >= 0.3 is 6.09 Å². The fraction of sp³-hybridized carbons (Fsp3) is 0.611. The van der Waals surface area contributed by atoms with E-state index < -0.39 is 24.4 Å². The molecule has 0 saturated carbocycles. The number of aliphatic hydroxyl groups is 2. The lowest BCUT2D eigenvalue weighted by Gasteiger charge is -2.32. The summed E-state index contributed by atoms with van der Waals surface area (Å²) in [5.74, 6) is -0.539. The van der Waals surface area contributed by atoms with E-state index in [0.29, 0.717) is 18.5 Å². The van der Waals surface area contributed by atoms with Gasteiger partial charge in [0.1, 0.15) is 6.10 Å². The number of ether oxygens (including phenoxy) is 1. The maximum absolute atomic E-state index is 12.0. The first kappa shape index (κ1) is 19.5. The van der Waals surface area contributed by atoms with E-state index in [1.165, 1.54) is 0 Å². The van der Waals surface area contributed by atoms with Crippen molar-refractivity contribution >= 4 is 11.8 Å². The Morgan fingerprint density at radius 2 is 1.70 bits per heavy atom. The zero-order chi connectivity index (χ0) is 17.4. The van der Waals surface area contributed by atoms with Crippen molar-refractivity contribution in [3.8, 4) is 0 Å². The molecule has 23 heavy (non-hydrogen) atoms. The first-order valence-electron chi connectivity index (χ1n) is 8.29. The summed E-state index contributed by atoms with van der Waals surface area (Å²) in [6.07, 6.45) is -1.08. The van der Waals surface area contributed by atoms with E-state index >= 15 is 0 Å². The molecule has 0 saturated heterocycles. The van der Waals surface area contributed by atoms with Gasteiger partial charge in [-0.1, -0.05) is 45.9 Å². The summed E-state index contributed by atoms with van der Waals surface area (Å²) in [5.41, 5.74) is 0.662. The maximum atomic E-state index is 12.0. The molecule has 0 heterocycles. The molecular formula is C18H29NO4. The third-order valence-corrected chi connectivity index (χ3v) is 4.37. The molecule has 3 N–H and O–H groups in total. The van der Waals surface area contributed by atoms with E-state index in [0.717, 1.165) is 0 Å². The normalized spacial score (nSPS) is 17.7. The summed E-state index contributed by atoms with van der Waals surface area (Å²) < 4.78 is 5.46. The van der Waals surface area contributed by atoms with Crippen molar-refractivity contribution in [3.05, 3.63) is 30.3 Å². The van der Waals surface area contributed by atoms with Gasteiger partial charge in [-0.15, -0.1) is 0 Å². The third kappa shape index (κ3) is 5.84. The zero-order valence-electron chi connectivity index (χ0n) is 14.4. The molecule has 1 rings (SSSR count). The van der Waals surface area contributed by atoms with Gasteiger partial charge in [0.05, 0.1) is 12.2 Å². The quantitative estimate of drug-likeness (QED) is 0.685. The monoisotopic (exact) mass is 323 g/mol. The minimum atomic E-state index is -0.737. The number of anilines is 1. The SMILES string of the molecule is CC[C@@H](O)[C@H](C)[C@@H](O)[C@@H](C)[C@H](CC)OC(=O)Nc1ccccc1. The Hall–Kier alpha value is -1.59. The zero-order valence-corrected chi connectivity index (χ0v) is 14.4. The number of carbonyl (C=O) groups excluding carboxylic acids is 1. The van der Waals surface area contributed by atoms with Gasteiger partial charge in [0.15, 0.2) is 0 Å². The molecule has 0 fully saturated rings. The van der Waals surface area contributed by atoms with Crippen molar-refractivity contribution in [2.45, 2.75) is 58.8 Å². The van der Waals surface area contributed by atoms with Crippen molar-refractivity contribution in [1.82, 2.24) is 0 Å². The molecule has 5 nitrogen and oxygen atoms in total. The van der Waals surface area contributed by atoms with Crippen LogP contribution >= 0.6 is 0 Å². The highest BCUT2D eigenvalue weighted by molar-refractivity contribution is 5.84. The lowest BCUT2D eigenvalue weighted by Crippen LogP contribution is -2.40. The van der Waals surface area contributed by atoms with Gasteiger partial charge in [0.25, 0.3) is 0 Å². The van der Waals surface area contributed by atoms with Crippen molar-refractivity contribution in [2.75, 3.05) is 5.32 Å². The molecule has 5 atom stereocenters. The molecule has 0 aliphatic heterocycles. The highest BCUT2D eigenvalue weighted by Crippen LogP contribution is 2.24. The number of rotatable bonds is 8. The summed E-state index contributed by atoms with van der Waals surface area (Å²) in [6.45, 7) is 7.43. The molecule has 0 unspecified atom stereocenters. The molecule has 1 aromatic carbocycles. The number of aliphatic hydroxyl groups excluding tert-OH is 2. The van der Waals surface area contributed by atoms with Crippen molar-refractivity contribution < 1.29 is 19.7 Å². The van der Waals surface area contributed by atoms with Crippen molar-refractivity contribution in [2.24, 2.45) is 11.8 Å². The molecule has 0 radical (unpaired) electrons. The molecule has 1 amide bonds. The molecule has 0 aromatic heterocycles. The summed E-state index contributed by atoms with van der Waals surface area (Å²) in [6, 6.07) is 9.07. The Kier molecular flexibility index (Phi) is 8.06. The third-order valence-electron chi connectivity index (χ3n) is 4.37. The van der Waals surface area contributed by atoms with Crippen LogP contribution < -0.4 is 5.32 Å². The highest BCUT2D eigenvalue weighted by atomic mass is 16.6. The first-order valence-corrected chi connectivity index (χ1v) is 8.29. The highest BCUT2D eigenvalue weighted by Gasteiger charge is 2.32. The van der Waals surface area contributed by atoms with Gasteiger partial charge in [-0.3, -0.25) is 5.32 Å². The van der Waals surface area contributed by atoms with Crippen LogP contribution in [-0.4, -0.2) is 34.6 Å². The van der Waals surface area contributed by atoms with Crippen molar-refractivity contribution in [3.63, 3.8) is 0 Å². The molecule has 130 valence electrons. The van der Waals surface area contributed by atoms with Crippen LogP contribution in [0.4, 0.5) is 10.5 Å². The molecular weight excluding hydrogens is 294 g/mol. The van der Waals surface area contributed by atoms with Crippen LogP contribution in [0.15, 0.2) is 30.3 Å². The summed E-state index contributed by atoms with van der Waals surface area (Å²) in [5, 5.41) is 23.0. The summed E-state index contributed by atoms with van der Waals surface area (Å²) in [7, 11) is 0. The van der Waals surface area contributed by atoms with Gasteiger partial charge in [-0.25, -0.2) is 4.79 Å². The van der Waals surface area contributed by atoms with E-state index in [9.17, 15) is 15.0 Å². The molecule has 1 aromatic rings. The van der Waals surface area contributed by atoms with Crippen LogP contribution in [0.3, 0.4) is 0 Å². The predicted molar refractivity (Wildman–Crippen MR) is 91.3 cm³/mol. The number of carbonyl (C=O) groups is 1. The van der Waals surface area contributed by atoms with Gasteiger partial charge in [0, 0.05) is 17.5 Å². The Morgan fingerprint density at radius 1 is 1.09 bits per heavy atom. The maximum Gasteiger partial charge on any atom is 0.411 e. The second kappa shape index (κ2) is 9.53. The van der Waals surface area contributed by atoms with Crippen LogP contribution in [0.1, 0.15) is 40.5 Å². The second-order valence-electron chi connectivity index (χ2n) is 6.03. The fourth-order valence-corrected chi connectivity index (χ4v) is 2.67. The molecule has 5 heteroatoms. The van der Waals surface area contributed by atoms with E-state index in [2.05, 4.69) is 5.32 Å². The molecule has 0 aliphatic rings.